The van der Waals surface area contributed by atoms with Crippen LogP contribution in [0.4, 0.5) is 0 Å². The van der Waals surface area contributed by atoms with Gasteiger partial charge in [-0.1, -0.05) is 6.58 Å². The first kappa shape index (κ1) is 16.1. The summed E-state index contributed by atoms with van der Waals surface area (Å²) in [6.45, 7) is 3.09. The molecule has 2 N–H and O–H groups in total. The summed E-state index contributed by atoms with van der Waals surface area (Å²) in [6, 6.07) is 0. The van der Waals surface area contributed by atoms with E-state index in [1.807, 2.05) is 0 Å². The van der Waals surface area contributed by atoms with E-state index in [1.54, 1.807) is 0 Å². The number of nitrogens with two attached hydrogens (primary N) is 1. The Balaban J connectivity index is -0.0000000910. The first-order valence-electron chi connectivity index (χ1n) is 1.74. The van der Waals surface area contributed by atoms with E-state index in [1.165, 1.54) is 0 Å². The van der Waals surface area contributed by atoms with Crippen molar-refractivity contribution in [2.45, 2.75) is 0 Å². The molecule has 6 nitrogen and oxygen atoms in total. The predicted molar refractivity (Wildman–Crippen MR) is 29.8 cm³/mol. The van der Waals surface area contributed by atoms with E-state index in [0.717, 1.165) is 6.08 Å². The van der Waals surface area contributed by atoms with Crippen LogP contribution in [0.15, 0.2) is 12.7 Å². The summed E-state index contributed by atoms with van der Waals surface area (Å²) < 4.78 is 0. The van der Waals surface area contributed by atoms with Gasteiger partial charge in [0, 0.05) is 0 Å². The minimum Gasteiger partial charge on any atom is -0.366 e. The van der Waals surface area contributed by atoms with Gasteiger partial charge in [0.2, 0.25) is 5.91 Å². The van der Waals surface area contributed by atoms with Gasteiger partial charge in [0.1, 0.15) is 0 Å². The Hall–Kier alpha value is -0.850. The Kier molecular flexibility index (Phi) is 17.7. The van der Waals surface area contributed by atoms with E-state index < -0.39 is 11.0 Å². The van der Waals surface area contributed by atoms with Crippen LogP contribution in [-0.4, -0.2) is 11.0 Å². The van der Waals surface area contributed by atoms with Crippen LogP contribution in [0.5, 0.6) is 0 Å². The quantitative estimate of drug-likeness (QED) is 0.286. The largest absolute Gasteiger partial charge is 1.00 e. The molecule has 0 radical (unpaired) electrons. The zero-order chi connectivity index (χ0) is 7.86. The van der Waals surface area contributed by atoms with Crippen LogP contribution in [-0.2, 0) is 27.2 Å². The first-order valence-corrected chi connectivity index (χ1v) is 1.74. The van der Waals surface area contributed by atoms with E-state index in [0.29, 0.717) is 0 Å². The zero-order valence-corrected chi connectivity index (χ0v) is 6.23. The molecule has 0 aliphatic carbocycles. The van der Waals surface area contributed by atoms with Gasteiger partial charge in [0.05, 0.1) is 5.09 Å². The van der Waals surface area contributed by atoms with Crippen molar-refractivity contribution in [3.63, 3.8) is 0 Å². The molecule has 10 heavy (non-hydrogen) atoms. The minimum absolute atomic E-state index is 0. The summed E-state index contributed by atoms with van der Waals surface area (Å²) in [5.41, 5.74) is 4.53. The second kappa shape index (κ2) is 11.0. The van der Waals surface area contributed by atoms with Crippen molar-refractivity contribution < 1.29 is 32.3 Å². The average Bonchev–Trinajstić information content (AvgIpc) is 1.65. The Labute approximate surface area is 72.3 Å². The fraction of sp³-hybridized carbons (Fsp3) is 0. The molecular weight excluding hydrogens is 236 g/mol. The van der Waals surface area contributed by atoms with Crippen molar-refractivity contribution in [2.75, 3.05) is 0 Å². The van der Waals surface area contributed by atoms with Gasteiger partial charge in [-0.05, 0) is 6.08 Å². The van der Waals surface area contributed by atoms with Crippen molar-refractivity contribution in [1.82, 2.24) is 0 Å². The van der Waals surface area contributed by atoms with Crippen LogP contribution >= 0.6 is 0 Å². The van der Waals surface area contributed by atoms with Crippen LogP contribution in [0.3, 0.4) is 0 Å². The molecule has 7 heteroatoms. The van der Waals surface area contributed by atoms with Gasteiger partial charge in [0.25, 0.3) is 0 Å². The maximum atomic E-state index is 9.47. The number of nitrogens with zero attached hydrogens (tertiary/aromatic N) is 1. The molecule has 0 bridgehead atoms. The second-order valence-electron chi connectivity index (χ2n) is 0.830. The Morgan fingerprint density at radius 2 is 1.70 bits per heavy atom. The van der Waals surface area contributed by atoms with Gasteiger partial charge >= 0.3 is 22.4 Å². The molecule has 0 atom stereocenters. The predicted octanol–water partition coefficient (Wildman–Crippen LogP) is -0.584. The fourth-order valence-electron chi connectivity index (χ4n) is 0. The van der Waals surface area contributed by atoms with Gasteiger partial charge < -0.3 is 21.1 Å². The van der Waals surface area contributed by atoms with Crippen LogP contribution in [0.2, 0.25) is 0 Å². The molecular formula is C3H5AgN2O4. The van der Waals surface area contributed by atoms with Crippen molar-refractivity contribution in [3.05, 3.63) is 28.0 Å². The average molecular weight is 241 g/mol. The van der Waals surface area contributed by atoms with Crippen molar-refractivity contribution in [1.29, 1.82) is 0 Å². The zero-order valence-electron chi connectivity index (χ0n) is 4.74. The van der Waals surface area contributed by atoms with Gasteiger partial charge in [-0.25, -0.2) is 0 Å². The summed E-state index contributed by atoms with van der Waals surface area (Å²) in [7, 11) is 0. The number of amides is 1. The molecule has 0 spiro atoms. The Morgan fingerprint density at radius 3 is 1.70 bits per heavy atom. The van der Waals surface area contributed by atoms with Gasteiger partial charge in [0.15, 0.2) is 0 Å². The minimum atomic E-state index is -1.75. The third-order valence-corrected chi connectivity index (χ3v) is 0.201. The summed E-state index contributed by atoms with van der Waals surface area (Å²) in [5.74, 6) is -0.481. The fourth-order valence-corrected chi connectivity index (χ4v) is 0. The van der Waals surface area contributed by atoms with Gasteiger partial charge in [-0.3, -0.25) is 4.79 Å². The van der Waals surface area contributed by atoms with E-state index in [9.17, 15) is 4.79 Å². The third-order valence-electron chi connectivity index (χ3n) is 0.201. The van der Waals surface area contributed by atoms with Crippen LogP contribution in [0.1, 0.15) is 0 Å². The standard InChI is InChI=1S/C3H5NO.Ag.NO3/c1-2-3(4)5;;2-1(3)4/h2H,1H2,(H2,4,5);;/q;+1;-1. The summed E-state index contributed by atoms with van der Waals surface area (Å²) >= 11 is 0. The number of hydrogen-bond donors (Lipinski definition) is 1. The molecule has 0 rings (SSSR count). The van der Waals surface area contributed by atoms with Crippen molar-refractivity contribution in [3.8, 4) is 0 Å². The Morgan fingerprint density at radius 1 is 1.60 bits per heavy atom. The first-order chi connectivity index (χ1) is 4.00. The van der Waals surface area contributed by atoms with E-state index >= 15 is 0 Å². The van der Waals surface area contributed by atoms with E-state index in [4.69, 9.17) is 15.3 Å². The molecule has 0 aromatic rings. The number of carbonyl (C=O) groups excluding carboxylic acids is 1. The molecule has 0 aromatic heterocycles. The number of rotatable bonds is 1. The topological polar surface area (TPSA) is 109 Å². The van der Waals surface area contributed by atoms with Gasteiger partial charge in [-0.2, -0.15) is 0 Å². The molecule has 0 aromatic carbocycles. The van der Waals surface area contributed by atoms with Crippen LogP contribution in [0, 0.1) is 15.3 Å². The Bertz CT molecular complexity index is 122. The molecule has 0 heterocycles. The van der Waals surface area contributed by atoms with Gasteiger partial charge in [-0.15, -0.1) is 0 Å². The van der Waals surface area contributed by atoms with E-state index in [2.05, 4.69) is 12.3 Å². The van der Waals surface area contributed by atoms with Crippen LogP contribution in [0.25, 0.3) is 0 Å². The number of carbonyl (C=O) groups is 1. The van der Waals surface area contributed by atoms with E-state index in [-0.39, 0.29) is 22.4 Å². The second-order valence-corrected chi connectivity index (χ2v) is 0.830. The molecule has 1 amide bonds. The van der Waals surface area contributed by atoms with Crippen molar-refractivity contribution in [2.24, 2.45) is 5.73 Å². The third kappa shape index (κ3) is 204. The molecule has 0 aliphatic rings. The number of primary amides is 1. The maximum absolute atomic E-state index is 9.47. The SMILES string of the molecule is C=CC(N)=O.O=[N+]([O-])[O-].[Ag+]. The normalized spacial score (nSPS) is 5.60. The molecule has 0 saturated heterocycles. The molecule has 0 saturated carbocycles. The molecule has 0 fully saturated rings. The summed E-state index contributed by atoms with van der Waals surface area (Å²) in [6.07, 6.45) is 1.06. The smallest absolute Gasteiger partial charge is 0.366 e. The summed E-state index contributed by atoms with van der Waals surface area (Å²) in [4.78, 5) is 17.7. The summed E-state index contributed by atoms with van der Waals surface area (Å²) in [5, 5.41) is 14.8. The van der Waals surface area contributed by atoms with Crippen molar-refractivity contribution >= 4 is 5.91 Å². The molecule has 0 unspecified atom stereocenters. The monoisotopic (exact) mass is 240 g/mol. The van der Waals surface area contributed by atoms with Crippen LogP contribution < -0.4 is 5.73 Å². The molecule has 0 aliphatic heterocycles. The maximum Gasteiger partial charge on any atom is 1.00 e. The number of hydrogen-bond acceptors (Lipinski definition) is 4. The molecule has 62 valence electrons.